The summed E-state index contributed by atoms with van der Waals surface area (Å²) < 4.78 is 30.9. The van der Waals surface area contributed by atoms with Crippen molar-refractivity contribution in [3.05, 3.63) is 59.2 Å². The van der Waals surface area contributed by atoms with Gasteiger partial charge in [0, 0.05) is 27.2 Å². The smallest absolute Gasteiger partial charge is 0.242 e. The molecule has 0 amide bonds. The third kappa shape index (κ3) is 6.47. The average molecular weight is 433 g/mol. The molecule has 0 fully saturated rings. The van der Waals surface area contributed by atoms with Gasteiger partial charge in [-0.25, -0.2) is 17.7 Å². The maximum absolute atomic E-state index is 12.2. The van der Waals surface area contributed by atoms with Gasteiger partial charge in [0.1, 0.15) is 5.75 Å². The molecule has 0 aliphatic heterocycles. The zero-order valence-corrected chi connectivity index (χ0v) is 19.2. The number of methoxy groups -OCH3 is 1. The summed E-state index contributed by atoms with van der Waals surface area (Å²) in [5.41, 5.74) is 3.25. The van der Waals surface area contributed by atoms with Crippen molar-refractivity contribution in [2.24, 2.45) is 4.99 Å². The van der Waals surface area contributed by atoms with Crippen molar-refractivity contribution in [3.63, 3.8) is 0 Å². The van der Waals surface area contributed by atoms with Crippen LogP contribution in [0.2, 0.25) is 0 Å². The van der Waals surface area contributed by atoms with Crippen molar-refractivity contribution in [1.29, 1.82) is 0 Å². The average Bonchev–Trinajstić information content (AvgIpc) is 2.73. The van der Waals surface area contributed by atoms with E-state index in [1.165, 1.54) is 24.0 Å². The first-order chi connectivity index (χ1) is 14.3. The van der Waals surface area contributed by atoms with Crippen LogP contribution in [0.1, 0.15) is 23.6 Å². The van der Waals surface area contributed by atoms with Crippen LogP contribution in [0.3, 0.4) is 0 Å². The van der Waals surface area contributed by atoms with E-state index in [0.29, 0.717) is 6.54 Å². The number of guanidine groups is 1. The van der Waals surface area contributed by atoms with Gasteiger partial charge in [-0.05, 0) is 55.2 Å². The molecule has 0 aliphatic carbocycles. The summed E-state index contributed by atoms with van der Waals surface area (Å²) in [6.07, 6.45) is 0.845. The predicted molar refractivity (Wildman–Crippen MR) is 122 cm³/mol. The number of hydrogen-bond donors (Lipinski definition) is 2. The van der Waals surface area contributed by atoms with Gasteiger partial charge in [-0.15, -0.1) is 0 Å². The quantitative estimate of drug-likeness (QED) is 0.470. The fourth-order valence-corrected chi connectivity index (χ4v) is 3.74. The zero-order valence-electron chi connectivity index (χ0n) is 18.4. The number of aryl methyl sites for hydroxylation is 1. The molecule has 2 aromatic rings. The monoisotopic (exact) mass is 432 g/mol. The Morgan fingerprint density at radius 3 is 2.33 bits per heavy atom. The lowest BCUT2D eigenvalue weighted by Gasteiger charge is -2.13. The van der Waals surface area contributed by atoms with Crippen LogP contribution >= 0.6 is 0 Å². The topological polar surface area (TPSA) is 83.0 Å². The Morgan fingerprint density at radius 1 is 1.07 bits per heavy atom. The summed E-state index contributed by atoms with van der Waals surface area (Å²) in [7, 11) is 1.31. The molecular formula is C22H32N4O3S. The number of benzene rings is 2. The van der Waals surface area contributed by atoms with Gasteiger partial charge in [-0.2, -0.15) is 0 Å². The molecule has 8 heteroatoms. The van der Waals surface area contributed by atoms with Crippen molar-refractivity contribution in [1.82, 2.24) is 14.9 Å². The maximum Gasteiger partial charge on any atom is 0.242 e. The van der Waals surface area contributed by atoms with Gasteiger partial charge in [-0.3, -0.25) is 0 Å². The molecule has 2 aromatic carbocycles. The molecule has 2 rings (SSSR count). The molecule has 0 spiro atoms. The highest BCUT2D eigenvalue weighted by molar-refractivity contribution is 7.89. The molecule has 0 aromatic heterocycles. The fourth-order valence-electron chi connectivity index (χ4n) is 2.83. The number of nitrogens with zero attached hydrogens (tertiary/aromatic N) is 2. The van der Waals surface area contributed by atoms with Crippen LogP contribution in [0, 0.1) is 6.92 Å². The molecule has 7 nitrogen and oxygen atoms in total. The van der Waals surface area contributed by atoms with E-state index in [9.17, 15) is 8.42 Å². The van der Waals surface area contributed by atoms with Crippen LogP contribution in [0.15, 0.2) is 52.4 Å². The molecule has 0 unspecified atom stereocenters. The Labute approximate surface area is 180 Å². The molecule has 0 atom stereocenters. The van der Waals surface area contributed by atoms with Crippen LogP contribution in [0.4, 0.5) is 0 Å². The Kier molecular flexibility index (Phi) is 8.68. The fraction of sp³-hybridized carbons (Fsp3) is 0.409. The lowest BCUT2D eigenvalue weighted by atomic mass is 10.1. The second kappa shape index (κ2) is 11.0. The number of rotatable bonds is 9. The van der Waals surface area contributed by atoms with E-state index in [-0.39, 0.29) is 4.90 Å². The van der Waals surface area contributed by atoms with Gasteiger partial charge in [0.15, 0.2) is 5.96 Å². The first kappa shape index (κ1) is 23.7. The number of aliphatic imine (C=N–C) groups is 1. The van der Waals surface area contributed by atoms with Crippen molar-refractivity contribution in [2.75, 3.05) is 34.3 Å². The number of hydrogen-bond acceptors (Lipinski definition) is 4. The first-order valence-corrected chi connectivity index (χ1v) is 11.4. The molecule has 30 heavy (non-hydrogen) atoms. The molecule has 0 heterocycles. The number of nitrogens with one attached hydrogen (secondary N) is 2. The SMILES string of the molecule is CCNC(=NCc1ccc(S(=O)(=O)N(C)C)cc1)NCCc1ccc(C)c(OC)c1. The van der Waals surface area contributed by atoms with Gasteiger partial charge in [-0.1, -0.05) is 24.3 Å². The standard InChI is InChI=1S/C22H32N4O3S/c1-6-23-22(24-14-13-18-8-7-17(2)21(15-18)29-5)25-16-19-9-11-20(12-10-19)30(27,28)26(3)4/h7-12,15H,6,13-14,16H2,1-5H3,(H2,23,24,25). The van der Waals surface area contributed by atoms with Crippen LogP contribution in [-0.4, -0.2) is 53.0 Å². The zero-order chi connectivity index (χ0) is 22.1. The van der Waals surface area contributed by atoms with Gasteiger partial charge in [0.05, 0.1) is 18.6 Å². The van der Waals surface area contributed by atoms with E-state index in [1.54, 1.807) is 31.4 Å². The summed E-state index contributed by atoms with van der Waals surface area (Å²) in [5.74, 6) is 1.62. The minimum absolute atomic E-state index is 0.277. The summed E-state index contributed by atoms with van der Waals surface area (Å²) >= 11 is 0. The Hall–Kier alpha value is -2.58. The molecule has 0 saturated carbocycles. The summed E-state index contributed by atoms with van der Waals surface area (Å²) in [6.45, 7) is 5.99. The molecule has 0 bridgehead atoms. The van der Waals surface area contributed by atoms with E-state index >= 15 is 0 Å². The Bertz CT molecular complexity index is 955. The molecular weight excluding hydrogens is 400 g/mol. The maximum atomic E-state index is 12.2. The van der Waals surface area contributed by atoms with E-state index in [1.807, 2.05) is 13.8 Å². The Balaban J connectivity index is 1.97. The van der Waals surface area contributed by atoms with Crippen LogP contribution in [-0.2, 0) is 23.0 Å². The first-order valence-electron chi connectivity index (χ1n) is 9.95. The third-order valence-electron chi connectivity index (χ3n) is 4.64. The molecule has 0 saturated heterocycles. The second-order valence-electron chi connectivity index (χ2n) is 7.11. The highest BCUT2D eigenvalue weighted by Gasteiger charge is 2.16. The molecule has 2 N–H and O–H groups in total. The molecule has 0 radical (unpaired) electrons. The van der Waals surface area contributed by atoms with Gasteiger partial charge in [0.25, 0.3) is 0 Å². The van der Waals surface area contributed by atoms with Gasteiger partial charge in [0.2, 0.25) is 10.0 Å². The molecule has 0 aliphatic rings. The van der Waals surface area contributed by atoms with Crippen LogP contribution in [0.25, 0.3) is 0 Å². The van der Waals surface area contributed by atoms with Crippen LogP contribution < -0.4 is 15.4 Å². The van der Waals surface area contributed by atoms with E-state index < -0.39 is 10.0 Å². The molecule has 164 valence electrons. The highest BCUT2D eigenvalue weighted by Crippen LogP contribution is 2.19. The minimum atomic E-state index is -3.42. The Morgan fingerprint density at radius 2 is 1.73 bits per heavy atom. The van der Waals surface area contributed by atoms with Crippen molar-refractivity contribution in [3.8, 4) is 5.75 Å². The van der Waals surface area contributed by atoms with E-state index in [0.717, 1.165) is 42.3 Å². The normalized spacial score (nSPS) is 12.1. The van der Waals surface area contributed by atoms with Gasteiger partial charge >= 0.3 is 0 Å². The lowest BCUT2D eigenvalue weighted by Crippen LogP contribution is -2.38. The van der Waals surface area contributed by atoms with Crippen molar-refractivity contribution >= 4 is 16.0 Å². The predicted octanol–water partition coefficient (Wildman–Crippen LogP) is 2.55. The summed E-state index contributed by atoms with van der Waals surface area (Å²) in [6, 6.07) is 13.0. The summed E-state index contributed by atoms with van der Waals surface area (Å²) in [4.78, 5) is 4.88. The van der Waals surface area contributed by atoms with E-state index in [4.69, 9.17) is 4.74 Å². The van der Waals surface area contributed by atoms with E-state index in [2.05, 4.69) is 33.8 Å². The number of ether oxygens (including phenoxy) is 1. The van der Waals surface area contributed by atoms with Gasteiger partial charge < -0.3 is 15.4 Å². The van der Waals surface area contributed by atoms with Crippen molar-refractivity contribution in [2.45, 2.75) is 31.7 Å². The summed E-state index contributed by atoms with van der Waals surface area (Å²) in [5, 5.41) is 6.57. The second-order valence-corrected chi connectivity index (χ2v) is 9.26. The largest absolute Gasteiger partial charge is 0.496 e. The number of sulfonamides is 1. The minimum Gasteiger partial charge on any atom is -0.496 e. The highest BCUT2D eigenvalue weighted by atomic mass is 32.2. The third-order valence-corrected chi connectivity index (χ3v) is 6.47. The lowest BCUT2D eigenvalue weighted by molar-refractivity contribution is 0.411. The van der Waals surface area contributed by atoms with Crippen LogP contribution in [0.5, 0.6) is 5.75 Å². The van der Waals surface area contributed by atoms with Crippen molar-refractivity contribution < 1.29 is 13.2 Å².